The van der Waals surface area contributed by atoms with Gasteiger partial charge in [0.2, 0.25) is 0 Å². The smallest absolute Gasteiger partial charge is 0.161 e. The van der Waals surface area contributed by atoms with Gasteiger partial charge in [0.05, 0.1) is 6.10 Å². The van der Waals surface area contributed by atoms with Gasteiger partial charge in [0, 0.05) is 6.54 Å². The number of hydrogen-bond acceptors (Lipinski definition) is 4. The summed E-state index contributed by atoms with van der Waals surface area (Å²) in [6, 6.07) is 5.64. The fraction of sp³-hybridized carbons (Fsp3) is 0.571. The van der Waals surface area contributed by atoms with Crippen LogP contribution in [0.15, 0.2) is 18.2 Å². The van der Waals surface area contributed by atoms with E-state index in [1.54, 1.807) is 0 Å². The summed E-state index contributed by atoms with van der Waals surface area (Å²) in [5.41, 5.74) is 0.877. The summed E-state index contributed by atoms with van der Waals surface area (Å²) in [5, 5.41) is 10.2. The molecule has 0 fully saturated rings. The Morgan fingerprint density at radius 2 is 2.00 bits per heavy atom. The van der Waals surface area contributed by atoms with Crippen LogP contribution in [0.25, 0.3) is 0 Å². The molecule has 0 bridgehead atoms. The number of hydrogen-bond donors (Lipinski definition) is 1. The van der Waals surface area contributed by atoms with Crippen molar-refractivity contribution >= 4 is 0 Å². The maximum atomic E-state index is 10.2. The molecule has 100 valence electrons. The van der Waals surface area contributed by atoms with E-state index in [1.807, 2.05) is 25.2 Å². The van der Waals surface area contributed by atoms with Crippen LogP contribution in [0.2, 0.25) is 0 Å². The molecule has 0 spiro atoms. The van der Waals surface area contributed by atoms with Crippen LogP contribution in [0.3, 0.4) is 0 Å². The first-order valence-corrected chi connectivity index (χ1v) is 6.47. The Labute approximate surface area is 108 Å². The van der Waals surface area contributed by atoms with Crippen LogP contribution < -0.4 is 9.47 Å². The summed E-state index contributed by atoms with van der Waals surface area (Å²) in [5.74, 6) is 1.50. The van der Waals surface area contributed by atoms with Crippen LogP contribution in [0.4, 0.5) is 0 Å². The van der Waals surface area contributed by atoms with Gasteiger partial charge in [0.1, 0.15) is 13.2 Å². The Morgan fingerprint density at radius 3 is 2.72 bits per heavy atom. The fourth-order valence-corrected chi connectivity index (χ4v) is 2.14. The predicted octanol–water partition coefficient (Wildman–Crippen LogP) is 1.83. The molecule has 0 amide bonds. The van der Waals surface area contributed by atoms with Crippen molar-refractivity contribution in [2.45, 2.75) is 19.4 Å². The summed E-state index contributed by atoms with van der Waals surface area (Å²) in [4.78, 5) is 2.13. The molecule has 0 aromatic heterocycles. The average Bonchev–Trinajstić information content (AvgIpc) is 2.38. The zero-order valence-electron chi connectivity index (χ0n) is 11.1. The van der Waals surface area contributed by atoms with Crippen molar-refractivity contribution in [3.8, 4) is 11.5 Å². The summed E-state index contributed by atoms with van der Waals surface area (Å²) >= 11 is 0. The number of aliphatic hydroxyl groups excluding tert-OH is 1. The third-order valence-electron chi connectivity index (χ3n) is 3.04. The average molecular weight is 251 g/mol. The van der Waals surface area contributed by atoms with Crippen LogP contribution in [-0.4, -0.2) is 43.4 Å². The zero-order valence-corrected chi connectivity index (χ0v) is 11.1. The summed E-state index contributed by atoms with van der Waals surface area (Å²) < 4.78 is 11.0. The normalized spacial score (nSPS) is 15.8. The molecule has 0 aliphatic carbocycles. The monoisotopic (exact) mass is 251 g/mol. The molecular weight excluding hydrogens is 230 g/mol. The molecule has 1 unspecified atom stereocenters. The maximum Gasteiger partial charge on any atom is 0.161 e. The van der Waals surface area contributed by atoms with Crippen molar-refractivity contribution in [3.63, 3.8) is 0 Å². The van der Waals surface area contributed by atoms with Gasteiger partial charge in [0.15, 0.2) is 11.5 Å². The molecule has 4 heteroatoms. The van der Waals surface area contributed by atoms with Crippen molar-refractivity contribution in [2.75, 3.05) is 33.4 Å². The highest BCUT2D eigenvalue weighted by molar-refractivity contribution is 5.44. The van der Waals surface area contributed by atoms with Crippen molar-refractivity contribution < 1.29 is 14.6 Å². The lowest BCUT2D eigenvalue weighted by Gasteiger charge is -2.22. The lowest BCUT2D eigenvalue weighted by atomic mass is 10.1. The highest BCUT2D eigenvalue weighted by atomic mass is 16.6. The van der Waals surface area contributed by atoms with E-state index in [-0.39, 0.29) is 0 Å². The van der Waals surface area contributed by atoms with E-state index in [9.17, 15) is 5.11 Å². The predicted molar refractivity (Wildman–Crippen MR) is 70.2 cm³/mol. The molecule has 0 saturated heterocycles. The number of nitrogens with zero attached hydrogens (tertiary/aromatic N) is 1. The topological polar surface area (TPSA) is 41.9 Å². The van der Waals surface area contributed by atoms with Gasteiger partial charge in [-0.05, 0) is 37.7 Å². The Bertz CT molecular complexity index is 395. The third kappa shape index (κ3) is 3.15. The summed E-state index contributed by atoms with van der Waals surface area (Å²) in [6.07, 6.45) is 0.599. The van der Waals surface area contributed by atoms with Crippen LogP contribution in [0.1, 0.15) is 25.0 Å². The molecule has 1 atom stereocenters. The van der Waals surface area contributed by atoms with Gasteiger partial charge in [-0.3, -0.25) is 0 Å². The SMILES string of the molecule is CCCN(C)CC(O)c1ccc2c(c1)OCCO2. The second-order valence-electron chi connectivity index (χ2n) is 4.68. The Kier molecular flexibility index (Phi) is 4.44. The van der Waals surface area contributed by atoms with Gasteiger partial charge in [0.25, 0.3) is 0 Å². The quantitative estimate of drug-likeness (QED) is 0.867. The van der Waals surface area contributed by atoms with E-state index < -0.39 is 6.10 Å². The first-order chi connectivity index (χ1) is 8.70. The van der Waals surface area contributed by atoms with E-state index in [0.29, 0.717) is 19.8 Å². The van der Waals surface area contributed by atoms with Crippen LogP contribution in [-0.2, 0) is 0 Å². The molecule has 0 saturated carbocycles. The molecule has 1 N–H and O–H groups in total. The van der Waals surface area contributed by atoms with Gasteiger partial charge in [-0.1, -0.05) is 13.0 Å². The van der Waals surface area contributed by atoms with Crippen molar-refractivity contribution in [1.29, 1.82) is 0 Å². The first-order valence-electron chi connectivity index (χ1n) is 6.47. The number of fused-ring (bicyclic) bond motifs is 1. The van der Waals surface area contributed by atoms with Crippen molar-refractivity contribution in [1.82, 2.24) is 4.90 Å². The van der Waals surface area contributed by atoms with Crippen LogP contribution in [0, 0.1) is 0 Å². The number of rotatable bonds is 5. The molecule has 1 aromatic carbocycles. The number of likely N-dealkylation sites (N-methyl/N-ethyl adjacent to an activating group) is 1. The number of ether oxygens (including phenoxy) is 2. The second-order valence-corrected chi connectivity index (χ2v) is 4.68. The highest BCUT2D eigenvalue weighted by Gasteiger charge is 2.16. The first kappa shape index (κ1) is 13.2. The van der Waals surface area contributed by atoms with Crippen molar-refractivity contribution in [2.24, 2.45) is 0 Å². The molecule has 1 aliphatic rings. The van der Waals surface area contributed by atoms with Crippen molar-refractivity contribution in [3.05, 3.63) is 23.8 Å². The third-order valence-corrected chi connectivity index (χ3v) is 3.04. The van der Waals surface area contributed by atoms with E-state index >= 15 is 0 Å². The van der Waals surface area contributed by atoms with Gasteiger partial charge >= 0.3 is 0 Å². The lowest BCUT2D eigenvalue weighted by molar-refractivity contribution is 0.125. The highest BCUT2D eigenvalue weighted by Crippen LogP contribution is 2.32. The lowest BCUT2D eigenvalue weighted by Crippen LogP contribution is -2.25. The second kappa shape index (κ2) is 6.07. The molecule has 1 heterocycles. The molecular formula is C14H21NO3. The van der Waals surface area contributed by atoms with Crippen LogP contribution >= 0.6 is 0 Å². The van der Waals surface area contributed by atoms with Gasteiger partial charge < -0.3 is 19.5 Å². The molecule has 1 aliphatic heterocycles. The molecule has 18 heavy (non-hydrogen) atoms. The number of aliphatic hydroxyl groups is 1. The largest absolute Gasteiger partial charge is 0.486 e. The number of benzene rings is 1. The van der Waals surface area contributed by atoms with Gasteiger partial charge in [-0.25, -0.2) is 0 Å². The Balaban J connectivity index is 2.04. The van der Waals surface area contributed by atoms with E-state index in [1.165, 1.54) is 0 Å². The summed E-state index contributed by atoms with van der Waals surface area (Å²) in [6.45, 7) is 4.92. The molecule has 4 nitrogen and oxygen atoms in total. The zero-order chi connectivity index (χ0) is 13.0. The Morgan fingerprint density at radius 1 is 1.28 bits per heavy atom. The molecule has 0 radical (unpaired) electrons. The molecule has 2 rings (SSSR count). The summed E-state index contributed by atoms with van der Waals surface area (Å²) in [7, 11) is 2.02. The fourth-order valence-electron chi connectivity index (χ4n) is 2.14. The van der Waals surface area contributed by atoms with Gasteiger partial charge in [-0.15, -0.1) is 0 Å². The van der Waals surface area contributed by atoms with E-state index in [0.717, 1.165) is 30.0 Å². The van der Waals surface area contributed by atoms with Crippen LogP contribution in [0.5, 0.6) is 11.5 Å². The standard InChI is InChI=1S/C14H21NO3/c1-3-6-15(2)10-12(16)11-4-5-13-14(9-11)18-8-7-17-13/h4-5,9,12,16H,3,6-8,10H2,1-2H3. The van der Waals surface area contributed by atoms with Gasteiger partial charge in [-0.2, -0.15) is 0 Å². The Hall–Kier alpha value is -1.26. The van der Waals surface area contributed by atoms with E-state index in [4.69, 9.17) is 9.47 Å². The maximum absolute atomic E-state index is 10.2. The minimum absolute atomic E-state index is 0.489. The minimum Gasteiger partial charge on any atom is -0.486 e. The van der Waals surface area contributed by atoms with E-state index in [2.05, 4.69) is 11.8 Å². The minimum atomic E-state index is -0.489. The molecule has 1 aromatic rings.